The average molecular weight is 305 g/mol. The van der Waals surface area contributed by atoms with Gasteiger partial charge in [0.15, 0.2) is 0 Å². The molecular formula is C14H19N5O3. The van der Waals surface area contributed by atoms with E-state index in [-0.39, 0.29) is 30.9 Å². The number of carbonyl (C=O) groups is 3. The van der Waals surface area contributed by atoms with Crippen molar-refractivity contribution in [3.05, 3.63) is 18.0 Å². The Kier molecular flexibility index (Phi) is 3.82. The minimum atomic E-state index is -0.489. The van der Waals surface area contributed by atoms with Crippen LogP contribution in [-0.4, -0.2) is 63.1 Å². The van der Waals surface area contributed by atoms with Crippen molar-refractivity contribution in [2.45, 2.75) is 32.4 Å². The number of nitrogens with one attached hydrogen (secondary N) is 1. The molecule has 1 aromatic heterocycles. The molecule has 1 unspecified atom stereocenters. The van der Waals surface area contributed by atoms with Crippen LogP contribution in [0, 0.1) is 6.92 Å². The van der Waals surface area contributed by atoms with E-state index in [1.54, 1.807) is 11.1 Å². The molecule has 3 rings (SSSR count). The molecule has 8 nitrogen and oxygen atoms in total. The normalized spacial score (nSPS) is 21.6. The van der Waals surface area contributed by atoms with Crippen LogP contribution in [0.2, 0.25) is 0 Å². The van der Waals surface area contributed by atoms with Gasteiger partial charge in [0.05, 0.1) is 25.3 Å². The molecule has 1 atom stereocenters. The molecule has 2 aliphatic rings. The maximum absolute atomic E-state index is 12.4. The van der Waals surface area contributed by atoms with Crippen molar-refractivity contribution in [2.75, 3.05) is 19.6 Å². The van der Waals surface area contributed by atoms with E-state index in [9.17, 15) is 14.4 Å². The molecule has 0 radical (unpaired) electrons. The monoisotopic (exact) mass is 305 g/mol. The van der Waals surface area contributed by atoms with Gasteiger partial charge in [-0.3, -0.25) is 19.2 Å². The van der Waals surface area contributed by atoms with Crippen LogP contribution in [-0.2, 0) is 16.1 Å². The summed E-state index contributed by atoms with van der Waals surface area (Å²) in [6, 6.07) is -0.427. The summed E-state index contributed by atoms with van der Waals surface area (Å²) >= 11 is 0. The Morgan fingerprint density at radius 1 is 1.45 bits per heavy atom. The summed E-state index contributed by atoms with van der Waals surface area (Å²) in [5, 5.41) is 6.67. The molecule has 8 heteroatoms. The number of imide groups is 1. The zero-order chi connectivity index (χ0) is 15.7. The number of hydrogen-bond donors (Lipinski definition) is 1. The molecule has 0 bridgehead atoms. The molecule has 0 spiro atoms. The van der Waals surface area contributed by atoms with Crippen molar-refractivity contribution >= 4 is 17.8 Å². The second-order valence-electron chi connectivity index (χ2n) is 5.76. The third kappa shape index (κ3) is 2.81. The number of carbonyl (C=O) groups excluding carboxylic acids is 3. The predicted molar refractivity (Wildman–Crippen MR) is 76.8 cm³/mol. The van der Waals surface area contributed by atoms with Gasteiger partial charge in [-0.15, -0.1) is 0 Å². The third-order valence-electron chi connectivity index (χ3n) is 4.09. The minimum absolute atomic E-state index is 0.0257. The topological polar surface area (TPSA) is 87.5 Å². The SMILES string of the molecule is Cc1cnn(CC2CCCN2C(=O)CN2C(=O)CNC2=O)c1. The van der Waals surface area contributed by atoms with Gasteiger partial charge in [-0.2, -0.15) is 5.10 Å². The van der Waals surface area contributed by atoms with Crippen molar-refractivity contribution in [1.29, 1.82) is 0 Å². The van der Waals surface area contributed by atoms with E-state index in [1.165, 1.54) is 0 Å². The minimum Gasteiger partial charge on any atom is -0.336 e. The van der Waals surface area contributed by atoms with E-state index < -0.39 is 6.03 Å². The molecule has 4 amide bonds. The van der Waals surface area contributed by atoms with E-state index in [0.29, 0.717) is 13.1 Å². The lowest BCUT2D eigenvalue weighted by molar-refractivity contribution is -0.137. The van der Waals surface area contributed by atoms with Crippen LogP contribution in [0.15, 0.2) is 12.4 Å². The molecule has 0 saturated carbocycles. The van der Waals surface area contributed by atoms with Crippen LogP contribution < -0.4 is 5.32 Å². The molecule has 1 aromatic rings. The first-order valence-corrected chi connectivity index (χ1v) is 7.41. The van der Waals surface area contributed by atoms with Crippen LogP contribution in [0.1, 0.15) is 18.4 Å². The predicted octanol–water partition coefficient (Wildman–Crippen LogP) is -0.266. The largest absolute Gasteiger partial charge is 0.336 e. The number of aryl methyl sites for hydroxylation is 1. The Balaban J connectivity index is 1.63. The van der Waals surface area contributed by atoms with E-state index in [1.807, 2.05) is 17.8 Å². The smallest absolute Gasteiger partial charge is 0.325 e. The number of nitrogens with zero attached hydrogens (tertiary/aromatic N) is 4. The van der Waals surface area contributed by atoms with E-state index >= 15 is 0 Å². The first-order chi connectivity index (χ1) is 10.5. The standard InChI is InChI=1S/C14H19N5O3/c1-10-5-16-17(7-10)8-11-3-2-4-18(11)13(21)9-19-12(20)6-15-14(19)22/h5,7,11H,2-4,6,8-9H2,1H3,(H,15,22). The number of likely N-dealkylation sites (tertiary alicyclic amines) is 1. The van der Waals surface area contributed by atoms with Crippen LogP contribution in [0.5, 0.6) is 0 Å². The zero-order valence-electron chi connectivity index (χ0n) is 12.5. The van der Waals surface area contributed by atoms with Crippen molar-refractivity contribution < 1.29 is 14.4 Å². The zero-order valence-corrected chi connectivity index (χ0v) is 12.5. The second-order valence-corrected chi connectivity index (χ2v) is 5.76. The first-order valence-electron chi connectivity index (χ1n) is 7.41. The molecule has 3 heterocycles. The number of amides is 4. The number of urea groups is 1. The first kappa shape index (κ1) is 14.6. The quantitative estimate of drug-likeness (QED) is 0.776. The van der Waals surface area contributed by atoms with Crippen LogP contribution in [0.4, 0.5) is 4.79 Å². The molecule has 22 heavy (non-hydrogen) atoms. The fourth-order valence-electron chi connectivity index (χ4n) is 2.98. The summed E-state index contributed by atoms with van der Waals surface area (Å²) in [6.45, 7) is 3.06. The van der Waals surface area contributed by atoms with Gasteiger partial charge in [-0.1, -0.05) is 0 Å². The van der Waals surface area contributed by atoms with Crippen molar-refractivity contribution in [2.24, 2.45) is 0 Å². The highest BCUT2D eigenvalue weighted by Gasteiger charge is 2.35. The van der Waals surface area contributed by atoms with Crippen LogP contribution in [0.25, 0.3) is 0 Å². The van der Waals surface area contributed by atoms with Crippen LogP contribution >= 0.6 is 0 Å². The van der Waals surface area contributed by atoms with E-state index in [0.717, 1.165) is 23.3 Å². The van der Waals surface area contributed by atoms with Gasteiger partial charge in [-0.25, -0.2) is 4.79 Å². The summed E-state index contributed by atoms with van der Waals surface area (Å²) in [5.41, 5.74) is 1.08. The molecule has 1 N–H and O–H groups in total. The van der Waals surface area contributed by atoms with Crippen molar-refractivity contribution in [1.82, 2.24) is 24.9 Å². The van der Waals surface area contributed by atoms with Gasteiger partial charge in [0, 0.05) is 12.7 Å². The lowest BCUT2D eigenvalue weighted by atomic mass is 10.2. The maximum Gasteiger partial charge on any atom is 0.325 e. The number of rotatable bonds is 4. The maximum atomic E-state index is 12.4. The van der Waals surface area contributed by atoms with Crippen molar-refractivity contribution in [3.63, 3.8) is 0 Å². The number of aromatic nitrogens is 2. The summed E-state index contributed by atoms with van der Waals surface area (Å²) in [7, 11) is 0. The van der Waals surface area contributed by atoms with E-state index in [2.05, 4.69) is 10.4 Å². The second kappa shape index (κ2) is 5.78. The fraction of sp³-hybridized carbons (Fsp3) is 0.571. The highest BCUT2D eigenvalue weighted by Crippen LogP contribution is 2.19. The molecule has 0 aliphatic carbocycles. The Hall–Kier alpha value is -2.38. The molecule has 2 fully saturated rings. The van der Waals surface area contributed by atoms with E-state index in [4.69, 9.17) is 0 Å². The van der Waals surface area contributed by atoms with Gasteiger partial charge in [-0.05, 0) is 25.3 Å². The molecule has 2 saturated heterocycles. The lowest BCUT2D eigenvalue weighted by Crippen LogP contribution is -2.46. The Morgan fingerprint density at radius 3 is 2.91 bits per heavy atom. The lowest BCUT2D eigenvalue weighted by Gasteiger charge is -2.26. The fourth-order valence-corrected chi connectivity index (χ4v) is 2.98. The summed E-state index contributed by atoms with van der Waals surface area (Å²) in [5.74, 6) is -0.534. The van der Waals surface area contributed by atoms with Gasteiger partial charge in [0.1, 0.15) is 6.54 Å². The molecule has 0 aromatic carbocycles. The molecule has 2 aliphatic heterocycles. The molecular weight excluding hydrogens is 286 g/mol. The van der Waals surface area contributed by atoms with Gasteiger partial charge >= 0.3 is 6.03 Å². The highest BCUT2D eigenvalue weighted by molar-refractivity contribution is 6.04. The number of hydrogen-bond acceptors (Lipinski definition) is 4. The Morgan fingerprint density at radius 2 is 2.27 bits per heavy atom. The Bertz CT molecular complexity index is 595. The van der Waals surface area contributed by atoms with Gasteiger partial charge in [0.25, 0.3) is 5.91 Å². The summed E-state index contributed by atoms with van der Waals surface area (Å²) in [6.07, 6.45) is 5.56. The third-order valence-corrected chi connectivity index (χ3v) is 4.09. The summed E-state index contributed by atoms with van der Waals surface area (Å²) < 4.78 is 1.83. The van der Waals surface area contributed by atoms with Gasteiger partial charge in [0.2, 0.25) is 5.91 Å². The average Bonchev–Trinajstić information content (AvgIpc) is 3.17. The molecule has 118 valence electrons. The van der Waals surface area contributed by atoms with Gasteiger partial charge < -0.3 is 10.2 Å². The Labute approximate surface area is 128 Å². The van der Waals surface area contributed by atoms with Crippen molar-refractivity contribution in [3.8, 4) is 0 Å². The van der Waals surface area contributed by atoms with Crippen LogP contribution in [0.3, 0.4) is 0 Å². The summed E-state index contributed by atoms with van der Waals surface area (Å²) in [4.78, 5) is 38.2. The highest BCUT2D eigenvalue weighted by atomic mass is 16.2.